The molecule has 0 aliphatic rings. The van der Waals surface area contributed by atoms with Gasteiger partial charge >= 0.3 is 6.09 Å². The third-order valence-corrected chi connectivity index (χ3v) is 2.10. The van der Waals surface area contributed by atoms with E-state index in [1.807, 2.05) is 59.1 Å². The molecule has 0 atom stereocenters. The molecule has 0 unspecified atom stereocenters. The Balaban J connectivity index is 2.56. The van der Waals surface area contributed by atoms with E-state index in [-0.39, 0.29) is 0 Å². The van der Waals surface area contributed by atoms with Crippen LogP contribution < -0.4 is 5.32 Å². The number of carbonyl (C=O) groups excluding carboxylic acids is 1. The van der Waals surface area contributed by atoms with Crippen LogP contribution >= 0.6 is 0 Å². The largest absolute Gasteiger partial charge is 0.444 e. The van der Waals surface area contributed by atoms with E-state index in [4.69, 9.17) is 4.74 Å². The van der Waals surface area contributed by atoms with Crippen molar-refractivity contribution >= 4 is 11.8 Å². The molecule has 0 radical (unpaired) electrons. The molecule has 0 aromatic heterocycles. The van der Waals surface area contributed by atoms with Crippen LogP contribution in [0.2, 0.25) is 0 Å². The van der Waals surface area contributed by atoms with Crippen molar-refractivity contribution < 1.29 is 9.53 Å². The highest BCUT2D eigenvalue weighted by Crippen LogP contribution is 2.13. The van der Waals surface area contributed by atoms with Crippen molar-refractivity contribution in [3.63, 3.8) is 0 Å². The van der Waals surface area contributed by atoms with Crippen molar-refractivity contribution in [2.75, 3.05) is 19.4 Å². The molecule has 1 amide bonds. The third kappa shape index (κ3) is 5.68. The highest BCUT2D eigenvalue weighted by Gasteiger charge is 2.15. The molecule has 18 heavy (non-hydrogen) atoms. The topological polar surface area (TPSA) is 41.6 Å². The van der Waals surface area contributed by atoms with Crippen LogP contribution in [-0.2, 0) is 11.3 Å². The number of ether oxygens (including phenoxy) is 1. The number of anilines is 1. The van der Waals surface area contributed by atoms with Crippen LogP contribution in [0.4, 0.5) is 10.5 Å². The van der Waals surface area contributed by atoms with Crippen molar-refractivity contribution in [3.8, 4) is 0 Å². The van der Waals surface area contributed by atoms with Gasteiger partial charge in [-0.25, -0.2) is 4.79 Å². The molecule has 100 valence electrons. The minimum atomic E-state index is -0.477. The molecule has 1 rings (SSSR count). The number of nitrogens with one attached hydrogen (secondary N) is 1. The second kappa shape index (κ2) is 5.87. The lowest BCUT2D eigenvalue weighted by atomic mass is 10.2. The molecular weight excluding hydrogens is 228 g/mol. The fourth-order valence-corrected chi connectivity index (χ4v) is 1.48. The van der Waals surface area contributed by atoms with Crippen LogP contribution in [0.5, 0.6) is 0 Å². The number of rotatable bonds is 3. The molecule has 0 aliphatic carbocycles. The smallest absolute Gasteiger partial charge is 0.412 e. The molecule has 0 saturated carbocycles. The zero-order valence-electron chi connectivity index (χ0n) is 11.8. The first-order chi connectivity index (χ1) is 8.26. The summed E-state index contributed by atoms with van der Waals surface area (Å²) in [6.45, 7) is 6.40. The van der Waals surface area contributed by atoms with E-state index in [0.29, 0.717) is 0 Å². The first-order valence-corrected chi connectivity index (χ1v) is 6.00. The Morgan fingerprint density at radius 2 is 1.78 bits per heavy atom. The molecule has 0 fully saturated rings. The van der Waals surface area contributed by atoms with Crippen molar-refractivity contribution in [2.24, 2.45) is 0 Å². The van der Waals surface area contributed by atoms with Gasteiger partial charge in [0.05, 0.1) is 0 Å². The Kier molecular flexibility index (Phi) is 4.73. The monoisotopic (exact) mass is 250 g/mol. The van der Waals surface area contributed by atoms with Crippen LogP contribution in [0.1, 0.15) is 26.3 Å². The first-order valence-electron chi connectivity index (χ1n) is 6.00. The Hall–Kier alpha value is -1.55. The van der Waals surface area contributed by atoms with Gasteiger partial charge in [0.15, 0.2) is 0 Å². The zero-order chi connectivity index (χ0) is 13.8. The summed E-state index contributed by atoms with van der Waals surface area (Å²) in [7, 11) is 4.04. The lowest BCUT2D eigenvalue weighted by molar-refractivity contribution is 0.0636. The van der Waals surface area contributed by atoms with Crippen molar-refractivity contribution in [1.82, 2.24) is 4.90 Å². The van der Waals surface area contributed by atoms with Gasteiger partial charge in [-0.05, 0) is 52.6 Å². The number of hydrogen-bond donors (Lipinski definition) is 1. The maximum absolute atomic E-state index is 11.5. The quantitative estimate of drug-likeness (QED) is 0.896. The minimum Gasteiger partial charge on any atom is -0.444 e. The number of benzene rings is 1. The maximum Gasteiger partial charge on any atom is 0.412 e. The fraction of sp³-hybridized carbons (Fsp3) is 0.500. The highest BCUT2D eigenvalue weighted by atomic mass is 16.6. The zero-order valence-corrected chi connectivity index (χ0v) is 11.8. The van der Waals surface area contributed by atoms with Gasteiger partial charge in [-0.15, -0.1) is 0 Å². The fourth-order valence-electron chi connectivity index (χ4n) is 1.48. The van der Waals surface area contributed by atoms with E-state index >= 15 is 0 Å². The summed E-state index contributed by atoms with van der Waals surface area (Å²) in [4.78, 5) is 13.6. The van der Waals surface area contributed by atoms with Crippen LogP contribution in [0, 0.1) is 0 Å². The van der Waals surface area contributed by atoms with Gasteiger partial charge in [-0.1, -0.05) is 12.1 Å². The molecule has 0 heterocycles. The van der Waals surface area contributed by atoms with Gasteiger partial charge < -0.3 is 9.64 Å². The summed E-state index contributed by atoms with van der Waals surface area (Å²) in [6.07, 6.45) is -0.428. The predicted octanol–water partition coefficient (Wildman–Crippen LogP) is 3.10. The van der Waals surface area contributed by atoms with Gasteiger partial charge in [0.25, 0.3) is 0 Å². The second-order valence-electron chi connectivity index (χ2n) is 5.56. The third-order valence-electron chi connectivity index (χ3n) is 2.10. The Labute approximate surface area is 109 Å². The lowest BCUT2D eigenvalue weighted by Crippen LogP contribution is -2.27. The summed E-state index contributed by atoms with van der Waals surface area (Å²) >= 11 is 0. The van der Waals surface area contributed by atoms with E-state index in [9.17, 15) is 4.79 Å². The summed E-state index contributed by atoms with van der Waals surface area (Å²) in [5.41, 5.74) is 1.47. The normalized spacial score (nSPS) is 11.4. The summed E-state index contributed by atoms with van der Waals surface area (Å²) in [5.74, 6) is 0. The van der Waals surface area contributed by atoms with E-state index in [1.54, 1.807) is 0 Å². The lowest BCUT2D eigenvalue weighted by Gasteiger charge is -2.19. The van der Waals surface area contributed by atoms with E-state index in [2.05, 4.69) is 10.2 Å². The van der Waals surface area contributed by atoms with Gasteiger partial charge in [0.2, 0.25) is 0 Å². The van der Waals surface area contributed by atoms with Crippen LogP contribution in [0.15, 0.2) is 24.3 Å². The second-order valence-corrected chi connectivity index (χ2v) is 5.56. The number of hydrogen-bond acceptors (Lipinski definition) is 3. The molecule has 4 nitrogen and oxygen atoms in total. The van der Waals surface area contributed by atoms with Crippen LogP contribution in [0.25, 0.3) is 0 Å². The standard InChI is InChI=1S/C14H22N2O2/c1-14(2,3)18-13(17)15-12-8-6-11(7-9-12)10-16(4)5/h6-9H,10H2,1-5H3,(H,15,17). The average Bonchev–Trinajstić information content (AvgIpc) is 2.17. The van der Waals surface area contributed by atoms with Crippen molar-refractivity contribution in [2.45, 2.75) is 32.9 Å². The first kappa shape index (κ1) is 14.5. The Morgan fingerprint density at radius 3 is 2.22 bits per heavy atom. The number of amides is 1. The molecule has 1 aromatic carbocycles. The molecule has 0 bridgehead atoms. The van der Waals surface area contributed by atoms with Gasteiger partial charge in [0, 0.05) is 12.2 Å². The van der Waals surface area contributed by atoms with Crippen molar-refractivity contribution in [3.05, 3.63) is 29.8 Å². The van der Waals surface area contributed by atoms with Gasteiger partial charge in [-0.2, -0.15) is 0 Å². The predicted molar refractivity (Wildman–Crippen MR) is 73.7 cm³/mol. The van der Waals surface area contributed by atoms with Gasteiger partial charge in [-0.3, -0.25) is 5.32 Å². The highest BCUT2D eigenvalue weighted by molar-refractivity contribution is 5.84. The summed E-state index contributed by atoms with van der Waals surface area (Å²) < 4.78 is 5.18. The Bertz CT molecular complexity index is 391. The maximum atomic E-state index is 11.5. The average molecular weight is 250 g/mol. The van der Waals surface area contributed by atoms with Crippen LogP contribution in [0.3, 0.4) is 0 Å². The molecular formula is C14H22N2O2. The van der Waals surface area contributed by atoms with E-state index in [1.165, 1.54) is 5.56 Å². The summed E-state index contributed by atoms with van der Waals surface area (Å²) in [5, 5.41) is 2.70. The SMILES string of the molecule is CN(C)Cc1ccc(NC(=O)OC(C)(C)C)cc1. The molecule has 0 spiro atoms. The number of nitrogens with zero attached hydrogens (tertiary/aromatic N) is 1. The molecule has 1 aromatic rings. The van der Waals surface area contributed by atoms with Crippen molar-refractivity contribution in [1.29, 1.82) is 0 Å². The van der Waals surface area contributed by atoms with E-state index in [0.717, 1.165) is 12.2 Å². The van der Waals surface area contributed by atoms with E-state index < -0.39 is 11.7 Å². The van der Waals surface area contributed by atoms with Gasteiger partial charge in [0.1, 0.15) is 5.60 Å². The Morgan fingerprint density at radius 1 is 1.22 bits per heavy atom. The molecule has 1 N–H and O–H groups in total. The van der Waals surface area contributed by atoms with Crippen LogP contribution in [-0.4, -0.2) is 30.7 Å². The number of carbonyl (C=O) groups is 1. The minimum absolute atomic E-state index is 0.428. The molecule has 4 heteroatoms. The molecule has 0 saturated heterocycles. The summed E-state index contributed by atoms with van der Waals surface area (Å²) in [6, 6.07) is 7.74. The molecule has 0 aliphatic heterocycles.